The van der Waals surface area contributed by atoms with Crippen molar-refractivity contribution in [1.82, 2.24) is 19.9 Å². The van der Waals surface area contributed by atoms with E-state index in [2.05, 4.69) is 69.8 Å². The van der Waals surface area contributed by atoms with Crippen molar-refractivity contribution in [3.8, 4) is 11.3 Å². The fourth-order valence-electron chi connectivity index (χ4n) is 3.84. The maximum atomic E-state index is 4.76. The second-order valence-corrected chi connectivity index (χ2v) is 6.97. The monoisotopic (exact) mass is 367 g/mol. The molecule has 0 fully saturated rings. The first-order chi connectivity index (χ1) is 13.8. The molecular formula is C23H21N5. The van der Waals surface area contributed by atoms with Gasteiger partial charge in [-0.25, -0.2) is 9.97 Å². The van der Waals surface area contributed by atoms with Gasteiger partial charge in [0.05, 0.1) is 5.69 Å². The van der Waals surface area contributed by atoms with Gasteiger partial charge in [0, 0.05) is 52.0 Å². The summed E-state index contributed by atoms with van der Waals surface area (Å²) in [5.74, 6) is 0.655. The van der Waals surface area contributed by atoms with Crippen molar-refractivity contribution in [3.63, 3.8) is 0 Å². The minimum absolute atomic E-state index is 0.655. The van der Waals surface area contributed by atoms with E-state index in [-0.39, 0.29) is 0 Å². The minimum atomic E-state index is 0.655. The zero-order chi connectivity index (χ0) is 18.9. The van der Waals surface area contributed by atoms with Crippen LogP contribution in [-0.4, -0.2) is 26.5 Å². The Hall–Kier alpha value is -3.60. The van der Waals surface area contributed by atoms with Crippen molar-refractivity contribution in [2.45, 2.75) is 13.3 Å². The van der Waals surface area contributed by atoms with Crippen LogP contribution in [0.4, 0.5) is 5.95 Å². The summed E-state index contributed by atoms with van der Waals surface area (Å²) < 4.78 is 0. The summed E-state index contributed by atoms with van der Waals surface area (Å²) in [6, 6.07) is 18.7. The van der Waals surface area contributed by atoms with Crippen molar-refractivity contribution in [2.75, 3.05) is 11.9 Å². The lowest BCUT2D eigenvalue weighted by atomic mass is 10.1. The molecule has 3 N–H and O–H groups in total. The van der Waals surface area contributed by atoms with E-state index >= 15 is 0 Å². The van der Waals surface area contributed by atoms with E-state index in [1.807, 2.05) is 24.4 Å². The minimum Gasteiger partial charge on any atom is -0.361 e. The molecule has 5 aromatic rings. The summed E-state index contributed by atoms with van der Waals surface area (Å²) in [5.41, 5.74) is 6.78. The number of para-hydroxylation sites is 2. The molecule has 0 radical (unpaired) electrons. The Balaban J connectivity index is 1.36. The van der Waals surface area contributed by atoms with Crippen molar-refractivity contribution in [2.24, 2.45) is 0 Å². The van der Waals surface area contributed by atoms with Gasteiger partial charge in [-0.1, -0.05) is 36.4 Å². The lowest BCUT2D eigenvalue weighted by molar-refractivity contribution is 0.991. The highest BCUT2D eigenvalue weighted by Crippen LogP contribution is 2.30. The maximum Gasteiger partial charge on any atom is 0.223 e. The smallest absolute Gasteiger partial charge is 0.223 e. The van der Waals surface area contributed by atoms with Crippen LogP contribution in [0.15, 0.2) is 67.0 Å². The molecule has 0 unspecified atom stereocenters. The molecule has 0 saturated carbocycles. The normalized spacial score (nSPS) is 11.3. The highest BCUT2D eigenvalue weighted by Gasteiger charge is 2.12. The molecule has 0 atom stereocenters. The van der Waals surface area contributed by atoms with E-state index in [4.69, 9.17) is 4.98 Å². The van der Waals surface area contributed by atoms with E-state index in [0.29, 0.717) is 5.95 Å². The third-order valence-electron chi connectivity index (χ3n) is 5.16. The summed E-state index contributed by atoms with van der Waals surface area (Å²) in [6.45, 7) is 2.86. The van der Waals surface area contributed by atoms with Gasteiger partial charge in [0.15, 0.2) is 0 Å². The average Bonchev–Trinajstić information content (AvgIpc) is 3.28. The molecule has 28 heavy (non-hydrogen) atoms. The number of rotatable bonds is 5. The molecule has 2 aromatic carbocycles. The van der Waals surface area contributed by atoms with Gasteiger partial charge in [0.2, 0.25) is 5.95 Å². The van der Waals surface area contributed by atoms with Crippen LogP contribution in [-0.2, 0) is 6.42 Å². The van der Waals surface area contributed by atoms with Crippen LogP contribution in [0.2, 0.25) is 0 Å². The van der Waals surface area contributed by atoms with Gasteiger partial charge in [-0.3, -0.25) is 0 Å². The molecule has 138 valence electrons. The zero-order valence-electron chi connectivity index (χ0n) is 15.7. The van der Waals surface area contributed by atoms with Gasteiger partial charge < -0.3 is 15.3 Å². The molecule has 0 amide bonds. The van der Waals surface area contributed by atoms with E-state index in [1.54, 1.807) is 0 Å². The molecule has 0 spiro atoms. The van der Waals surface area contributed by atoms with Gasteiger partial charge in [0.1, 0.15) is 0 Å². The average molecular weight is 367 g/mol. The lowest BCUT2D eigenvalue weighted by Gasteiger charge is -2.07. The highest BCUT2D eigenvalue weighted by molar-refractivity contribution is 5.96. The Morgan fingerprint density at radius 1 is 0.929 bits per heavy atom. The lowest BCUT2D eigenvalue weighted by Crippen LogP contribution is -2.08. The van der Waals surface area contributed by atoms with Crippen molar-refractivity contribution >= 4 is 27.8 Å². The van der Waals surface area contributed by atoms with E-state index in [0.717, 1.165) is 35.4 Å². The Morgan fingerprint density at radius 2 is 1.71 bits per heavy atom. The second-order valence-electron chi connectivity index (χ2n) is 6.97. The predicted octanol–water partition coefficient (Wildman–Crippen LogP) is 5.07. The van der Waals surface area contributed by atoms with Gasteiger partial charge in [-0.05, 0) is 37.1 Å². The fraction of sp³-hybridized carbons (Fsp3) is 0.130. The highest BCUT2D eigenvalue weighted by atomic mass is 15.1. The van der Waals surface area contributed by atoms with E-state index in [1.165, 1.54) is 21.9 Å². The number of aromatic nitrogens is 4. The number of aromatic amines is 2. The van der Waals surface area contributed by atoms with Crippen LogP contribution >= 0.6 is 0 Å². The summed E-state index contributed by atoms with van der Waals surface area (Å²) in [7, 11) is 0. The Kier molecular flexibility index (Phi) is 4.05. The number of nitrogens with one attached hydrogen (secondary N) is 3. The Labute approximate surface area is 162 Å². The number of fused-ring (bicyclic) bond motifs is 2. The van der Waals surface area contributed by atoms with Crippen molar-refractivity contribution in [1.29, 1.82) is 0 Å². The third-order valence-corrected chi connectivity index (χ3v) is 5.16. The van der Waals surface area contributed by atoms with Crippen LogP contribution in [0.1, 0.15) is 11.3 Å². The molecule has 0 aliphatic carbocycles. The zero-order valence-corrected chi connectivity index (χ0v) is 15.7. The van der Waals surface area contributed by atoms with Crippen LogP contribution < -0.4 is 5.32 Å². The quantitative estimate of drug-likeness (QED) is 0.406. The molecule has 0 saturated heterocycles. The first-order valence-corrected chi connectivity index (χ1v) is 9.49. The Morgan fingerprint density at radius 3 is 2.61 bits per heavy atom. The third kappa shape index (κ3) is 2.91. The van der Waals surface area contributed by atoms with Gasteiger partial charge >= 0.3 is 0 Å². The summed E-state index contributed by atoms with van der Waals surface area (Å²) in [4.78, 5) is 15.9. The predicted molar refractivity (Wildman–Crippen MR) is 115 cm³/mol. The number of aryl methyl sites for hydroxylation is 1. The summed E-state index contributed by atoms with van der Waals surface area (Å²) in [6.07, 6.45) is 4.81. The second kappa shape index (κ2) is 6.85. The molecule has 3 heterocycles. The largest absolute Gasteiger partial charge is 0.361 e. The van der Waals surface area contributed by atoms with E-state index in [9.17, 15) is 0 Å². The standard InChI is InChI=1S/C23H21N5/c1-15-22(18-7-3-5-9-20(18)27-15)21-11-13-25-23(28-21)24-12-10-16-14-26-19-8-4-2-6-17(16)19/h2-9,11,13-14,26-27H,10,12H2,1H3,(H,24,25,28). The van der Waals surface area contributed by atoms with Crippen molar-refractivity contribution in [3.05, 3.63) is 78.2 Å². The maximum absolute atomic E-state index is 4.76. The number of H-pyrrole nitrogens is 2. The first kappa shape index (κ1) is 16.6. The molecule has 0 aliphatic rings. The topological polar surface area (TPSA) is 69.4 Å². The fourth-order valence-corrected chi connectivity index (χ4v) is 3.84. The molecule has 3 aromatic heterocycles. The van der Waals surface area contributed by atoms with Crippen molar-refractivity contribution < 1.29 is 0 Å². The van der Waals surface area contributed by atoms with Crippen LogP contribution in [0.25, 0.3) is 33.1 Å². The number of hydrogen-bond acceptors (Lipinski definition) is 3. The summed E-state index contributed by atoms with van der Waals surface area (Å²) in [5, 5.41) is 5.83. The molecular weight excluding hydrogens is 346 g/mol. The molecule has 5 heteroatoms. The van der Waals surface area contributed by atoms with Gasteiger partial charge in [-0.2, -0.15) is 0 Å². The number of anilines is 1. The molecule has 0 aliphatic heterocycles. The van der Waals surface area contributed by atoms with Crippen LogP contribution in [0.5, 0.6) is 0 Å². The summed E-state index contributed by atoms with van der Waals surface area (Å²) >= 11 is 0. The number of hydrogen-bond donors (Lipinski definition) is 3. The number of benzene rings is 2. The number of nitrogens with zero attached hydrogens (tertiary/aromatic N) is 2. The molecule has 5 rings (SSSR count). The molecule has 5 nitrogen and oxygen atoms in total. The van der Waals surface area contributed by atoms with Gasteiger partial charge in [0.25, 0.3) is 0 Å². The SMILES string of the molecule is Cc1[nH]c2ccccc2c1-c1ccnc(NCCc2c[nH]c3ccccc23)n1. The van der Waals surface area contributed by atoms with Crippen LogP contribution in [0, 0.1) is 6.92 Å². The first-order valence-electron chi connectivity index (χ1n) is 9.49. The van der Waals surface area contributed by atoms with Crippen LogP contribution in [0.3, 0.4) is 0 Å². The van der Waals surface area contributed by atoms with Gasteiger partial charge in [-0.15, -0.1) is 0 Å². The molecule has 0 bridgehead atoms. The Bertz CT molecular complexity index is 1260. The van der Waals surface area contributed by atoms with E-state index < -0.39 is 0 Å².